The maximum atomic E-state index is 11.0. The summed E-state index contributed by atoms with van der Waals surface area (Å²) in [4.78, 5) is 19.2. The SMILES string of the molecule is CCCCC(NCc1ccnc(C)n1)C(=O)O. The second kappa shape index (κ2) is 6.96. The molecule has 0 aromatic carbocycles. The molecular weight excluding hydrogens is 218 g/mol. The van der Waals surface area contributed by atoms with Gasteiger partial charge in [-0.15, -0.1) is 0 Å². The molecule has 0 aliphatic rings. The lowest BCUT2D eigenvalue weighted by atomic mass is 10.1. The third kappa shape index (κ3) is 4.91. The van der Waals surface area contributed by atoms with Crippen molar-refractivity contribution in [3.8, 4) is 0 Å². The van der Waals surface area contributed by atoms with Crippen LogP contribution in [0.15, 0.2) is 12.3 Å². The summed E-state index contributed by atoms with van der Waals surface area (Å²) >= 11 is 0. The van der Waals surface area contributed by atoms with E-state index in [4.69, 9.17) is 5.11 Å². The highest BCUT2D eigenvalue weighted by Gasteiger charge is 2.15. The first-order chi connectivity index (χ1) is 8.13. The summed E-state index contributed by atoms with van der Waals surface area (Å²) in [6.07, 6.45) is 4.24. The Kier molecular flexibility index (Phi) is 5.56. The van der Waals surface area contributed by atoms with Gasteiger partial charge in [-0.05, 0) is 19.4 Å². The zero-order valence-corrected chi connectivity index (χ0v) is 10.3. The fraction of sp³-hybridized carbons (Fsp3) is 0.583. The Bertz CT molecular complexity index is 369. The van der Waals surface area contributed by atoms with Crippen LogP contribution in [0.1, 0.15) is 37.7 Å². The number of carboxylic acids is 1. The molecule has 1 aromatic rings. The van der Waals surface area contributed by atoms with Crippen LogP contribution in [0.25, 0.3) is 0 Å². The van der Waals surface area contributed by atoms with Gasteiger partial charge >= 0.3 is 5.97 Å². The number of carbonyl (C=O) groups is 1. The monoisotopic (exact) mass is 237 g/mol. The lowest BCUT2D eigenvalue weighted by Crippen LogP contribution is -2.36. The molecule has 0 aliphatic carbocycles. The molecule has 1 rings (SSSR count). The molecule has 0 fully saturated rings. The summed E-state index contributed by atoms with van der Waals surface area (Å²) in [5.41, 5.74) is 0.820. The van der Waals surface area contributed by atoms with E-state index in [0.29, 0.717) is 18.8 Å². The van der Waals surface area contributed by atoms with Gasteiger partial charge in [-0.1, -0.05) is 19.8 Å². The highest BCUT2D eigenvalue weighted by atomic mass is 16.4. The molecule has 0 bridgehead atoms. The highest BCUT2D eigenvalue weighted by Crippen LogP contribution is 2.02. The van der Waals surface area contributed by atoms with Crippen molar-refractivity contribution < 1.29 is 9.90 Å². The minimum Gasteiger partial charge on any atom is -0.480 e. The minimum absolute atomic E-state index is 0.462. The molecule has 2 N–H and O–H groups in total. The fourth-order valence-electron chi connectivity index (χ4n) is 1.55. The van der Waals surface area contributed by atoms with Crippen molar-refractivity contribution in [3.63, 3.8) is 0 Å². The number of aryl methyl sites for hydroxylation is 1. The third-order valence-electron chi connectivity index (χ3n) is 2.51. The molecular formula is C12H19N3O2. The first kappa shape index (κ1) is 13.6. The van der Waals surface area contributed by atoms with Crippen molar-refractivity contribution >= 4 is 5.97 Å². The van der Waals surface area contributed by atoms with Gasteiger partial charge in [-0.2, -0.15) is 0 Å². The van der Waals surface area contributed by atoms with Gasteiger partial charge in [0.1, 0.15) is 11.9 Å². The van der Waals surface area contributed by atoms with Crippen molar-refractivity contribution in [3.05, 3.63) is 23.8 Å². The fourth-order valence-corrected chi connectivity index (χ4v) is 1.55. The molecule has 5 nitrogen and oxygen atoms in total. The second-order valence-corrected chi connectivity index (χ2v) is 4.01. The second-order valence-electron chi connectivity index (χ2n) is 4.01. The molecule has 17 heavy (non-hydrogen) atoms. The summed E-state index contributed by atoms with van der Waals surface area (Å²) < 4.78 is 0. The lowest BCUT2D eigenvalue weighted by Gasteiger charge is -2.13. The minimum atomic E-state index is -0.802. The first-order valence-electron chi connectivity index (χ1n) is 5.88. The molecule has 1 heterocycles. The molecule has 0 aliphatic heterocycles. The number of hydrogen-bond acceptors (Lipinski definition) is 4. The van der Waals surface area contributed by atoms with Crippen LogP contribution < -0.4 is 5.32 Å². The Hall–Kier alpha value is -1.49. The van der Waals surface area contributed by atoms with Gasteiger partial charge in [0.15, 0.2) is 0 Å². The number of carboxylic acid groups (broad SMARTS) is 1. The summed E-state index contributed by atoms with van der Waals surface area (Å²) in [6.45, 7) is 4.33. The molecule has 0 amide bonds. The number of nitrogens with one attached hydrogen (secondary N) is 1. The van der Waals surface area contributed by atoms with E-state index in [-0.39, 0.29) is 0 Å². The first-order valence-corrected chi connectivity index (χ1v) is 5.88. The zero-order valence-electron chi connectivity index (χ0n) is 10.3. The average Bonchev–Trinajstić information content (AvgIpc) is 2.28. The molecule has 0 saturated heterocycles. The van der Waals surface area contributed by atoms with Crippen molar-refractivity contribution in [1.82, 2.24) is 15.3 Å². The molecule has 1 unspecified atom stereocenters. The van der Waals surface area contributed by atoms with Crippen LogP contribution in [-0.4, -0.2) is 27.1 Å². The van der Waals surface area contributed by atoms with Crippen LogP contribution in [0.4, 0.5) is 0 Å². The quantitative estimate of drug-likeness (QED) is 0.752. The summed E-state index contributed by atoms with van der Waals surface area (Å²) in [6, 6.07) is 1.30. The smallest absolute Gasteiger partial charge is 0.320 e. The number of unbranched alkanes of at least 4 members (excludes halogenated alkanes) is 1. The molecule has 1 atom stereocenters. The van der Waals surface area contributed by atoms with Crippen molar-refractivity contribution in [1.29, 1.82) is 0 Å². The van der Waals surface area contributed by atoms with Crippen molar-refractivity contribution in [2.75, 3.05) is 0 Å². The Balaban J connectivity index is 2.48. The number of hydrogen-bond donors (Lipinski definition) is 2. The lowest BCUT2D eigenvalue weighted by molar-refractivity contribution is -0.139. The predicted molar refractivity (Wildman–Crippen MR) is 64.6 cm³/mol. The Morgan fingerprint density at radius 2 is 2.35 bits per heavy atom. The van der Waals surface area contributed by atoms with Gasteiger partial charge in [-0.3, -0.25) is 10.1 Å². The number of rotatable bonds is 7. The largest absolute Gasteiger partial charge is 0.480 e. The number of aliphatic carboxylic acids is 1. The van der Waals surface area contributed by atoms with E-state index >= 15 is 0 Å². The van der Waals surface area contributed by atoms with Crippen LogP contribution in [0.2, 0.25) is 0 Å². The zero-order chi connectivity index (χ0) is 12.7. The van der Waals surface area contributed by atoms with E-state index in [1.807, 2.05) is 13.8 Å². The van der Waals surface area contributed by atoms with Crippen molar-refractivity contribution in [2.45, 2.75) is 45.7 Å². The van der Waals surface area contributed by atoms with Gasteiger partial charge < -0.3 is 5.11 Å². The molecule has 0 spiro atoms. The highest BCUT2D eigenvalue weighted by molar-refractivity contribution is 5.73. The maximum absolute atomic E-state index is 11.0. The van der Waals surface area contributed by atoms with E-state index in [2.05, 4.69) is 15.3 Å². The van der Waals surface area contributed by atoms with E-state index in [9.17, 15) is 4.79 Å². The Labute approximate surface area is 101 Å². The van der Waals surface area contributed by atoms with E-state index in [1.54, 1.807) is 12.3 Å². The normalized spacial score (nSPS) is 12.4. The van der Waals surface area contributed by atoms with Gasteiger partial charge in [0.25, 0.3) is 0 Å². The van der Waals surface area contributed by atoms with Crippen molar-refractivity contribution in [2.24, 2.45) is 0 Å². The molecule has 0 radical (unpaired) electrons. The van der Waals surface area contributed by atoms with Crippen LogP contribution in [-0.2, 0) is 11.3 Å². The predicted octanol–water partition coefficient (Wildman–Crippen LogP) is 1.52. The molecule has 5 heteroatoms. The maximum Gasteiger partial charge on any atom is 0.320 e. The van der Waals surface area contributed by atoms with Crippen LogP contribution >= 0.6 is 0 Å². The Morgan fingerprint density at radius 1 is 1.59 bits per heavy atom. The summed E-state index contributed by atoms with van der Waals surface area (Å²) in [5, 5.41) is 12.0. The average molecular weight is 237 g/mol. The Morgan fingerprint density at radius 3 is 2.94 bits per heavy atom. The van der Waals surface area contributed by atoms with E-state index in [1.165, 1.54) is 0 Å². The molecule has 94 valence electrons. The molecule has 0 saturated carbocycles. The number of nitrogens with zero attached hydrogens (tertiary/aromatic N) is 2. The summed E-state index contributed by atoms with van der Waals surface area (Å²) in [7, 11) is 0. The van der Waals surface area contributed by atoms with Crippen LogP contribution in [0, 0.1) is 6.92 Å². The van der Waals surface area contributed by atoms with Crippen LogP contribution in [0.5, 0.6) is 0 Å². The van der Waals surface area contributed by atoms with E-state index in [0.717, 1.165) is 18.5 Å². The topological polar surface area (TPSA) is 75.1 Å². The van der Waals surface area contributed by atoms with Gasteiger partial charge in [0, 0.05) is 12.7 Å². The molecule has 1 aromatic heterocycles. The van der Waals surface area contributed by atoms with Gasteiger partial charge in [0.2, 0.25) is 0 Å². The third-order valence-corrected chi connectivity index (χ3v) is 2.51. The van der Waals surface area contributed by atoms with E-state index < -0.39 is 12.0 Å². The van der Waals surface area contributed by atoms with Gasteiger partial charge in [-0.25, -0.2) is 9.97 Å². The van der Waals surface area contributed by atoms with Crippen LogP contribution in [0.3, 0.4) is 0 Å². The standard InChI is InChI=1S/C12H19N3O2/c1-3-4-5-11(12(16)17)14-8-10-6-7-13-9(2)15-10/h6-7,11,14H,3-5,8H2,1-2H3,(H,16,17). The summed E-state index contributed by atoms with van der Waals surface area (Å²) in [5.74, 6) is -0.103. The number of aromatic nitrogens is 2. The van der Waals surface area contributed by atoms with Gasteiger partial charge in [0.05, 0.1) is 5.69 Å².